The molecule has 1 aliphatic heterocycles. The van der Waals surface area contributed by atoms with Crippen molar-refractivity contribution in [1.29, 1.82) is 0 Å². The van der Waals surface area contributed by atoms with Gasteiger partial charge in [0, 0.05) is 18.9 Å². The maximum absolute atomic E-state index is 10.8. The van der Waals surface area contributed by atoms with Gasteiger partial charge in [0.2, 0.25) is 0 Å². The maximum Gasteiger partial charge on any atom is 0.330 e. The topological polar surface area (TPSA) is 26.3 Å². The van der Waals surface area contributed by atoms with Crippen LogP contribution in [0.15, 0.2) is 12.7 Å². The summed E-state index contributed by atoms with van der Waals surface area (Å²) in [6, 6.07) is 0. The summed E-state index contributed by atoms with van der Waals surface area (Å²) in [5, 5.41) is 0. The van der Waals surface area contributed by atoms with Crippen molar-refractivity contribution in [3.05, 3.63) is 12.7 Å². The van der Waals surface area contributed by atoms with E-state index in [1.54, 1.807) is 0 Å². The van der Waals surface area contributed by atoms with Crippen LogP contribution < -0.4 is 24.0 Å². The number of unbranched alkanes of at least 4 members (excludes halogenated alkanes) is 8. The molecule has 23 heavy (non-hydrogen) atoms. The molecule has 0 spiro atoms. The number of carbonyl (C=O) groups excluding carboxylic acids is 1. The molecule has 0 saturated carbocycles. The van der Waals surface area contributed by atoms with E-state index < -0.39 is 0 Å². The zero-order valence-electron chi connectivity index (χ0n) is 15.0. The Bertz CT molecular complexity index is 314. The highest BCUT2D eigenvalue weighted by Crippen LogP contribution is 2.18. The van der Waals surface area contributed by atoms with Crippen molar-refractivity contribution < 1.29 is 38.0 Å². The molecule has 1 rings (SSSR count). The largest absolute Gasteiger partial charge is 1.00 e. The second-order valence-corrected chi connectivity index (χ2v) is 7.05. The molecule has 136 valence electrons. The van der Waals surface area contributed by atoms with Crippen LogP contribution in [0.2, 0.25) is 0 Å². The van der Waals surface area contributed by atoms with Crippen LogP contribution in [0.5, 0.6) is 0 Å². The minimum absolute atomic E-state index is 0. The second-order valence-electron chi connectivity index (χ2n) is 7.05. The van der Waals surface area contributed by atoms with E-state index in [0.29, 0.717) is 6.61 Å². The first-order valence-corrected chi connectivity index (χ1v) is 9.29. The van der Waals surface area contributed by atoms with E-state index in [4.69, 9.17) is 4.74 Å². The summed E-state index contributed by atoms with van der Waals surface area (Å²) in [7, 11) is 2.43. The fraction of sp³-hybridized carbons (Fsp3) is 0.842. The van der Waals surface area contributed by atoms with Gasteiger partial charge >= 0.3 is 5.97 Å². The van der Waals surface area contributed by atoms with Crippen molar-refractivity contribution in [3.8, 4) is 0 Å². The van der Waals surface area contributed by atoms with E-state index in [1.165, 1.54) is 94.4 Å². The van der Waals surface area contributed by atoms with Gasteiger partial charge in [0.1, 0.15) is 0 Å². The molecule has 0 aliphatic carbocycles. The molecular weight excluding hydrogens is 401 g/mol. The Hall–Kier alpha value is -0.100. The zero-order chi connectivity index (χ0) is 16.1. The average molecular weight is 437 g/mol. The number of nitrogens with zero attached hydrogens (tertiary/aromatic N) is 1. The SMILES string of the molecule is C=CC(=O)OCCCCCCCCCCC[N+]1(C)CCCC1.[I-]. The number of likely N-dealkylation sites (tertiary alicyclic amines) is 1. The zero-order valence-corrected chi connectivity index (χ0v) is 17.2. The quantitative estimate of drug-likeness (QED) is 0.144. The van der Waals surface area contributed by atoms with Crippen LogP contribution in [0.3, 0.4) is 0 Å². The smallest absolute Gasteiger partial charge is 0.330 e. The molecule has 0 amide bonds. The predicted molar refractivity (Wildman–Crippen MR) is 92.7 cm³/mol. The standard InChI is InChI=1S/C19H36NO2.HI/c1-3-19(21)22-18-14-10-8-6-4-5-7-9-11-15-20(2)16-12-13-17-20;/h3H,1,4-18H2,2H3;1H/q+1;/p-1. The van der Waals surface area contributed by atoms with Gasteiger partial charge in [-0.3, -0.25) is 0 Å². The molecule has 3 nitrogen and oxygen atoms in total. The molecule has 1 heterocycles. The van der Waals surface area contributed by atoms with Crippen molar-refractivity contribution in [2.24, 2.45) is 0 Å². The lowest BCUT2D eigenvalue weighted by Gasteiger charge is -2.29. The molecule has 4 heteroatoms. The minimum Gasteiger partial charge on any atom is -1.00 e. The van der Waals surface area contributed by atoms with Crippen molar-refractivity contribution in [2.45, 2.75) is 70.6 Å². The first kappa shape index (κ1) is 22.9. The third kappa shape index (κ3) is 12.0. The highest BCUT2D eigenvalue weighted by Gasteiger charge is 2.25. The Kier molecular flexibility index (Phi) is 14.2. The number of rotatable bonds is 13. The molecule has 0 unspecified atom stereocenters. The summed E-state index contributed by atoms with van der Waals surface area (Å²) < 4.78 is 6.28. The number of ether oxygens (including phenoxy) is 1. The fourth-order valence-corrected chi connectivity index (χ4v) is 3.39. The summed E-state index contributed by atoms with van der Waals surface area (Å²) >= 11 is 0. The van der Waals surface area contributed by atoms with E-state index >= 15 is 0 Å². The van der Waals surface area contributed by atoms with Crippen molar-refractivity contribution in [1.82, 2.24) is 0 Å². The van der Waals surface area contributed by atoms with Crippen LogP contribution in [0, 0.1) is 0 Å². The number of esters is 1. The fourth-order valence-electron chi connectivity index (χ4n) is 3.39. The lowest BCUT2D eigenvalue weighted by Crippen LogP contribution is -3.00. The summed E-state index contributed by atoms with van der Waals surface area (Å²) in [6.07, 6.45) is 15.8. The summed E-state index contributed by atoms with van der Waals surface area (Å²) in [6.45, 7) is 8.13. The summed E-state index contributed by atoms with van der Waals surface area (Å²) in [5.74, 6) is -0.301. The van der Waals surface area contributed by atoms with Gasteiger partial charge in [0.25, 0.3) is 0 Å². The highest BCUT2D eigenvalue weighted by molar-refractivity contribution is 5.81. The van der Waals surface area contributed by atoms with E-state index in [-0.39, 0.29) is 29.9 Å². The predicted octanol–water partition coefficient (Wildman–Crippen LogP) is 1.47. The van der Waals surface area contributed by atoms with Crippen LogP contribution >= 0.6 is 0 Å². The normalized spacial score (nSPS) is 15.9. The number of carbonyl (C=O) groups is 1. The molecule has 1 aliphatic rings. The maximum atomic E-state index is 10.8. The van der Waals surface area contributed by atoms with Crippen LogP contribution in [-0.2, 0) is 9.53 Å². The van der Waals surface area contributed by atoms with Gasteiger partial charge in [-0.25, -0.2) is 4.79 Å². The van der Waals surface area contributed by atoms with Crippen molar-refractivity contribution in [3.63, 3.8) is 0 Å². The van der Waals surface area contributed by atoms with Crippen molar-refractivity contribution >= 4 is 5.97 Å². The summed E-state index contributed by atoms with van der Waals surface area (Å²) in [5.41, 5.74) is 0. The first-order valence-electron chi connectivity index (χ1n) is 9.29. The molecule has 0 atom stereocenters. The number of hydrogen-bond donors (Lipinski definition) is 0. The first-order chi connectivity index (χ1) is 10.7. The van der Waals surface area contributed by atoms with Gasteiger partial charge in [-0.05, 0) is 19.3 Å². The van der Waals surface area contributed by atoms with Crippen LogP contribution in [0.25, 0.3) is 0 Å². The van der Waals surface area contributed by atoms with E-state index in [1.807, 2.05) is 0 Å². The Morgan fingerprint density at radius 1 is 0.957 bits per heavy atom. The molecule has 0 N–H and O–H groups in total. The van der Waals surface area contributed by atoms with Crippen LogP contribution in [0.4, 0.5) is 0 Å². The van der Waals surface area contributed by atoms with E-state index in [0.717, 1.165) is 6.42 Å². The van der Waals surface area contributed by atoms with Gasteiger partial charge in [0.15, 0.2) is 0 Å². The number of quaternary nitrogens is 1. The van der Waals surface area contributed by atoms with Gasteiger partial charge < -0.3 is 33.2 Å². The minimum atomic E-state index is -0.301. The molecule has 1 fully saturated rings. The molecular formula is C19H36INO2. The van der Waals surface area contributed by atoms with Crippen LogP contribution in [-0.4, -0.2) is 43.7 Å². The van der Waals surface area contributed by atoms with E-state index in [2.05, 4.69) is 13.6 Å². The van der Waals surface area contributed by atoms with Gasteiger partial charge in [-0.15, -0.1) is 0 Å². The molecule has 0 aromatic heterocycles. The van der Waals surface area contributed by atoms with Gasteiger partial charge in [-0.1, -0.05) is 45.1 Å². The molecule has 0 aromatic rings. The molecule has 1 saturated heterocycles. The lowest BCUT2D eigenvalue weighted by molar-refractivity contribution is -0.897. The Morgan fingerprint density at radius 2 is 1.43 bits per heavy atom. The summed E-state index contributed by atoms with van der Waals surface area (Å²) in [4.78, 5) is 10.8. The van der Waals surface area contributed by atoms with Gasteiger partial charge in [0.05, 0.1) is 33.3 Å². The van der Waals surface area contributed by atoms with Crippen LogP contribution in [0.1, 0.15) is 70.6 Å². The third-order valence-electron chi connectivity index (χ3n) is 4.90. The average Bonchev–Trinajstić information content (AvgIpc) is 2.95. The third-order valence-corrected chi connectivity index (χ3v) is 4.90. The monoisotopic (exact) mass is 437 g/mol. The molecule has 0 radical (unpaired) electrons. The lowest BCUT2D eigenvalue weighted by atomic mass is 10.1. The Morgan fingerprint density at radius 3 is 1.96 bits per heavy atom. The van der Waals surface area contributed by atoms with Gasteiger partial charge in [-0.2, -0.15) is 0 Å². The molecule has 0 aromatic carbocycles. The highest BCUT2D eigenvalue weighted by atomic mass is 127. The Labute approximate surface area is 160 Å². The van der Waals surface area contributed by atoms with Crippen molar-refractivity contribution in [2.75, 3.05) is 33.3 Å². The number of halogens is 1. The van der Waals surface area contributed by atoms with E-state index in [9.17, 15) is 4.79 Å². The second kappa shape index (κ2) is 14.3. The number of hydrogen-bond acceptors (Lipinski definition) is 2. The Balaban J connectivity index is 0.00000484. The molecule has 0 bridgehead atoms.